The molecule has 140 heavy (non-hydrogen) atoms. The van der Waals surface area contributed by atoms with E-state index in [0.717, 1.165) is 9.80 Å². The number of likely N-dealkylation sites (N-methyl/N-ethyl adjacent to an activating group) is 2. The van der Waals surface area contributed by atoms with E-state index >= 15 is 28.8 Å². The van der Waals surface area contributed by atoms with Gasteiger partial charge in [-0.15, -0.1) is 0 Å². The van der Waals surface area contributed by atoms with Crippen LogP contribution in [0, 0.1) is 0 Å². The Morgan fingerprint density at radius 3 is 0.771 bits per heavy atom. The number of hydrogen-bond donors (Lipinski definition) is 4. The van der Waals surface area contributed by atoms with E-state index in [1.807, 2.05) is 76.2 Å². The first-order valence-electron chi connectivity index (χ1n) is 46.9. The quantitative estimate of drug-likeness (QED) is 0.0123. The van der Waals surface area contributed by atoms with Crippen LogP contribution in [0.25, 0.3) is 87.6 Å². The number of fused-ring (bicyclic) bond motifs is 2. The van der Waals surface area contributed by atoms with Crippen molar-refractivity contribution in [1.29, 1.82) is 0 Å². The zero-order chi connectivity index (χ0) is 96.1. The SMILES string of the molecule is CCN(CC)C(=O)C(Cc1ccncc1)N1C(=O)c2cc(Oc3cccc(-c4cccc(C(=O)NCC5CO5)c4)c3)c3c4c(Oc5cccc(-c6cccc(C(=O)NCC7CO7)c6)c5)cc5c6c(cc(Oc7cccc(-c8cccc(C(=O)NCC9CO9)c8)c7)c(c7c(Oc8cccc(-c9cccc(C(=O)NCC%10CO%10)c9)c8)cc(c2c37)C1=O)c64)C(=O)N(C(Cc1ccncc1)C(=O)N(CC)CC)C5=O. The molecule has 28 heteroatoms. The second-order valence-electron chi connectivity index (χ2n) is 35.3. The molecule has 28 nitrogen and oxygen atoms in total. The first kappa shape index (κ1) is 90.1. The number of nitrogens with one attached hydrogen (secondary N) is 4. The smallest absolute Gasteiger partial charge is 0.262 e. The van der Waals surface area contributed by atoms with Gasteiger partial charge in [0.15, 0.2) is 0 Å². The molecule has 0 saturated carbocycles. The molecule has 2 aromatic heterocycles. The second kappa shape index (κ2) is 38.3. The number of hydrogen-bond acceptors (Lipinski definition) is 20. The number of carbonyl (C=O) groups excluding carboxylic acids is 10. The lowest BCUT2D eigenvalue weighted by Gasteiger charge is -2.37. The fraction of sp³-hybridized carbons (Fsp3) is 0.214. The number of pyridine rings is 2. The van der Waals surface area contributed by atoms with E-state index in [0.29, 0.717) is 130 Å². The van der Waals surface area contributed by atoms with Crippen LogP contribution >= 0.6 is 0 Å². The second-order valence-corrected chi connectivity index (χ2v) is 35.3. The Hall–Kier alpha value is -16.4. The minimum absolute atomic E-state index is 0.0439. The normalized spacial score (nSPS) is 16.3. The molecule has 8 heterocycles. The topological polar surface area (TPSA) is 345 Å². The zero-order valence-electron chi connectivity index (χ0n) is 76.8. The summed E-state index contributed by atoms with van der Waals surface area (Å²) in [4.78, 5) is 170. The highest BCUT2D eigenvalue weighted by Gasteiger charge is 2.48. The van der Waals surface area contributed by atoms with Crippen molar-refractivity contribution in [3.05, 3.63) is 323 Å². The van der Waals surface area contributed by atoms with Gasteiger partial charge in [-0.2, -0.15) is 0 Å². The van der Waals surface area contributed by atoms with E-state index in [4.69, 9.17) is 37.9 Å². The maximum absolute atomic E-state index is 17.3. The molecule has 700 valence electrons. The summed E-state index contributed by atoms with van der Waals surface area (Å²) < 4.78 is 52.4. The van der Waals surface area contributed by atoms with E-state index in [9.17, 15) is 19.2 Å². The van der Waals surface area contributed by atoms with Gasteiger partial charge >= 0.3 is 0 Å². The highest BCUT2D eigenvalue weighted by molar-refractivity contribution is 6.45. The van der Waals surface area contributed by atoms with Crippen molar-refractivity contribution in [3.8, 4) is 90.5 Å². The molecule has 13 aromatic carbocycles. The van der Waals surface area contributed by atoms with Crippen LogP contribution in [-0.2, 0) is 41.4 Å². The van der Waals surface area contributed by atoms with E-state index < -0.39 is 47.5 Å². The molecule has 21 rings (SSSR count). The van der Waals surface area contributed by atoms with Crippen molar-refractivity contribution >= 4 is 102 Å². The molecule has 0 radical (unpaired) electrons. The van der Waals surface area contributed by atoms with Crippen LogP contribution in [-0.4, -0.2) is 204 Å². The Labute approximate surface area is 803 Å². The zero-order valence-corrected chi connectivity index (χ0v) is 76.8. The van der Waals surface area contributed by atoms with Crippen LogP contribution < -0.4 is 40.2 Å². The summed E-state index contributed by atoms with van der Waals surface area (Å²) in [5.74, 6) is -5.62. The molecule has 6 atom stereocenters. The number of rotatable bonds is 36. The molecule has 4 N–H and O–H groups in total. The minimum Gasteiger partial charge on any atom is -0.457 e. The van der Waals surface area contributed by atoms with Crippen LogP contribution in [0.3, 0.4) is 0 Å². The van der Waals surface area contributed by atoms with Crippen molar-refractivity contribution in [2.75, 3.05) is 78.8 Å². The Balaban J connectivity index is 0.875. The van der Waals surface area contributed by atoms with Crippen molar-refractivity contribution in [2.45, 2.75) is 77.0 Å². The number of imide groups is 2. The highest BCUT2D eigenvalue weighted by Crippen LogP contribution is 2.59. The molecule has 6 aliphatic heterocycles. The lowest BCUT2D eigenvalue weighted by Crippen LogP contribution is -2.55. The van der Waals surface area contributed by atoms with Crippen LogP contribution in [0.5, 0.6) is 46.0 Å². The lowest BCUT2D eigenvalue weighted by molar-refractivity contribution is -0.135. The average Bonchev–Trinajstić information content (AvgIpc) is 1.26. The van der Waals surface area contributed by atoms with Crippen LogP contribution in [0.2, 0.25) is 0 Å². The van der Waals surface area contributed by atoms with Crippen molar-refractivity contribution in [2.24, 2.45) is 0 Å². The molecule has 4 fully saturated rings. The molecule has 4 saturated heterocycles. The number of epoxide rings is 4. The number of ether oxygens (including phenoxy) is 8. The summed E-state index contributed by atoms with van der Waals surface area (Å²) >= 11 is 0. The molecule has 0 spiro atoms. The van der Waals surface area contributed by atoms with Gasteiger partial charge in [0.1, 0.15) is 58.1 Å². The highest BCUT2D eigenvalue weighted by atomic mass is 16.6. The Kier molecular flexibility index (Phi) is 24.6. The summed E-state index contributed by atoms with van der Waals surface area (Å²) in [5, 5.41) is 12.7. The molecule has 0 aliphatic carbocycles. The Bertz CT molecular complexity index is 6740. The van der Waals surface area contributed by atoms with Crippen molar-refractivity contribution in [3.63, 3.8) is 0 Å². The number of benzene rings is 13. The van der Waals surface area contributed by atoms with E-state index in [1.54, 1.807) is 204 Å². The van der Waals surface area contributed by atoms with Gasteiger partial charge in [-0.05, 0) is 229 Å². The minimum atomic E-state index is -1.51. The Morgan fingerprint density at radius 2 is 0.543 bits per heavy atom. The van der Waals surface area contributed by atoms with Gasteiger partial charge in [0.2, 0.25) is 11.8 Å². The van der Waals surface area contributed by atoms with Gasteiger partial charge in [-0.3, -0.25) is 67.7 Å². The number of carbonyl (C=O) groups is 10. The maximum Gasteiger partial charge on any atom is 0.262 e. The maximum atomic E-state index is 17.3. The van der Waals surface area contributed by atoms with Crippen LogP contribution in [0.1, 0.15) is 122 Å². The van der Waals surface area contributed by atoms with Gasteiger partial charge in [0.25, 0.3) is 47.3 Å². The van der Waals surface area contributed by atoms with Gasteiger partial charge in [0, 0.05) is 155 Å². The lowest BCUT2D eigenvalue weighted by atomic mass is 9.80. The first-order valence-corrected chi connectivity index (χ1v) is 46.9. The molecule has 10 amide bonds. The predicted octanol–water partition coefficient (Wildman–Crippen LogP) is 17.0. The predicted molar refractivity (Wildman–Crippen MR) is 524 cm³/mol. The Morgan fingerprint density at radius 1 is 0.314 bits per heavy atom. The van der Waals surface area contributed by atoms with E-state index in [2.05, 4.69) is 31.2 Å². The monoisotopic (exact) mass is 1870 g/mol. The molecular weight excluding hydrogens is 1770 g/mol. The van der Waals surface area contributed by atoms with E-state index in [-0.39, 0.29) is 198 Å². The molecule has 6 unspecified atom stereocenters. The van der Waals surface area contributed by atoms with Gasteiger partial charge in [0.05, 0.1) is 73.1 Å². The average molecular weight is 1870 g/mol. The van der Waals surface area contributed by atoms with Gasteiger partial charge in [-0.25, -0.2) is 0 Å². The van der Waals surface area contributed by atoms with Gasteiger partial charge in [-0.1, -0.05) is 97.1 Å². The summed E-state index contributed by atoms with van der Waals surface area (Å²) in [5.41, 5.74) is 6.90. The summed E-state index contributed by atoms with van der Waals surface area (Å²) in [6, 6.07) is 66.7. The largest absolute Gasteiger partial charge is 0.457 e. The molecular formula is C112H94N10O18. The fourth-order valence-electron chi connectivity index (χ4n) is 18.8. The van der Waals surface area contributed by atoms with Crippen LogP contribution in [0.4, 0.5) is 0 Å². The summed E-state index contributed by atoms with van der Waals surface area (Å²) in [7, 11) is 0. The summed E-state index contributed by atoms with van der Waals surface area (Å²) in [6.45, 7) is 11.4. The van der Waals surface area contributed by atoms with Gasteiger partial charge < -0.3 is 69.0 Å². The third-order valence-corrected chi connectivity index (χ3v) is 26.3. The van der Waals surface area contributed by atoms with Crippen molar-refractivity contribution < 1.29 is 85.8 Å². The molecule has 6 aliphatic rings. The van der Waals surface area contributed by atoms with Crippen LogP contribution in [0.15, 0.2) is 267 Å². The van der Waals surface area contributed by atoms with Crippen molar-refractivity contribution in [1.82, 2.24) is 50.8 Å². The fourth-order valence-corrected chi connectivity index (χ4v) is 18.8. The molecule has 15 aromatic rings. The third kappa shape index (κ3) is 18.2. The standard InChI is InChI=1S/C112H94N10O18/c1-5-119(6-2)111(131)89(41-63-33-37-113-38-34-63)121-107(127)85-51-91(137-77-29-13-21-69(47-77)65-17-9-25-73(43-65)103(123)115-55-81-59-133-81)97-99-93(139-79-31-15-23-71(49-79)67-19-11-27-75(45-67)105(125)117-57-83-61-135-83)53-87-96-88(110(130)122(109(87)129)90(112(132)120(7-3)8-4)42-64-35-39-114-40-36-64)54-94(140-80-32-16-24-72(50-80)68-20-12-28-76(46-68)106(126)118-58-84-62-136-84)100(102(96)99)98-92(52-86(108(121)128)95(85)101(97)98)138-78-30-14-22-70(48-78)66-18-10-26-74(44-66)104(124)116-56-82-60-134-82/h9-40,43-54,81-84,89-90H,5-8,41-42,55-62H2,1-4H3,(H,115,123)(H,116,124)(H,117,125)(H,118,126). The van der Waals surface area contributed by atoms with E-state index in [1.165, 1.54) is 24.3 Å². The third-order valence-electron chi connectivity index (χ3n) is 26.3. The number of nitrogens with zero attached hydrogens (tertiary/aromatic N) is 6. The first-order chi connectivity index (χ1) is 68.3. The number of amides is 10. The summed E-state index contributed by atoms with van der Waals surface area (Å²) in [6.07, 6.45) is 5.58. The molecule has 0 bridgehead atoms. The number of aromatic nitrogens is 2.